The van der Waals surface area contributed by atoms with Crippen molar-refractivity contribution >= 4 is 11.7 Å². The summed E-state index contributed by atoms with van der Waals surface area (Å²) in [5.41, 5.74) is 2.47. The maximum atomic E-state index is 11.4. The fourth-order valence-electron chi connectivity index (χ4n) is 3.24. The Balaban J connectivity index is 1.75. The van der Waals surface area contributed by atoms with Crippen LogP contribution in [0.15, 0.2) is 72.8 Å². The second-order valence-corrected chi connectivity index (χ2v) is 7.24. The van der Waals surface area contributed by atoms with E-state index in [1.807, 2.05) is 43.3 Å². The minimum atomic E-state index is -1.17. The van der Waals surface area contributed by atoms with Gasteiger partial charge in [-0.05, 0) is 48.4 Å². The van der Waals surface area contributed by atoms with E-state index in [-0.39, 0.29) is 18.0 Å². The van der Waals surface area contributed by atoms with E-state index in [0.717, 1.165) is 11.1 Å². The first kappa shape index (κ1) is 21.6. The Hall–Kier alpha value is -4.66. The van der Waals surface area contributed by atoms with Crippen molar-refractivity contribution in [1.82, 2.24) is 10.2 Å². The molecule has 9 nitrogen and oxygen atoms in total. The molecule has 4 aromatic rings. The average Bonchev–Trinajstić information content (AvgIpc) is 3.29. The molecule has 0 spiro atoms. The molecule has 0 amide bonds. The Morgan fingerprint density at radius 1 is 1.06 bits per heavy atom. The second-order valence-electron chi connectivity index (χ2n) is 7.24. The minimum absolute atomic E-state index is 0.0571. The van der Waals surface area contributed by atoms with Gasteiger partial charge in [0, 0.05) is 12.1 Å². The number of rotatable bonds is 8. The third-order valence-corrected chi connectivity index (χ3v) is 4.79. The lowest BCUT2D eigenvalue weighted by molar-refractivity contribution is -0.384. The summed E-state index contributed by atoms with van der Waals surface area (Å²) in [5, 5.41) is 26.8. The van der Waals surface area contributed by atoms with Crippen molar-refractivity contribution < 1.29 is 24.3 Å². The van der Waals surface area contributed by atoms with Gasteiger partial charge in [-0.1, -0.05) is 30.3 Å². The molecule has 0 bridgehead atoms. The summed E-state index contributed by atoms with van der Waals surface area (Å²) in [6.45, 7) is 2.16. The predicted octanol–water partition coefficient (Wildman–Crippen LogP) is 5.36. The molecule has 1 aromatic heterocycles. The van der Waals surface area contributed by atoms with Crippen LogP contribution < -0.4 is 9.47 Å². The molecule has 0 saturated carbocycles. The Morgan fingerprint density at radius 3 is 2.39 bits per heavy atom. The number of carboxylic acids is 1. The molecule has 0 aliphatic rings. The van der Waals surface area contributed by atoms with Gasteiger partial charge in [0.25, 0.3) is 5.69 Å². The number of nitrogens with one attached hydrogen (secondary N) is 1. The van der Waals surface area contributed by atoms with Crippen LogP contribution in [0.4, 0.5) is 5.69 Å². The molecule has 1 heterocycles. The number of aryl methyl sites for hydroxylation is 1. The molecule has 33 heavy (non-hydrogen) atoms. The SMILES string of the molecule is Cc1cc(OCc2ccccc2)c(-c2cc(C(=O)O)n[nH]2)c(Oc2ccc([N+](=O)[O-])cc2)c1. The molecule has 166 valence electrons. The van der Waals surface area contributed by atoms with Gasteiger partial charge in [0.2, 0.25) is 0 Å². The summed E-state index contributed by atoms with van der Waals surface area (Å²) < 4.78 is 12.1. The van der Waals surface area contributed by atoms with E-state index in [4.69, 9.17) is 9.47 Å². The van der Waals surface area contributed by atoms with Crippen molar-refractivity contribution in [3.05, 3.63) is 99.7 Å². The molecular formula is C24H19N3O6. The third-order valence-electron chi connectivity index (χ3n) is 4.79. The number of aromatic nitrogens is 2. The Kier molecular flexibility index (Phi) is 6.03. The second kappa shape index (κ2) is 9.23. The molecule has 0 fully saturated rings. The smallest absolute Gasteiger partial charge is 0.356 e. The summed E-state index contributed by atoms with van der Waals surface area (Å²) >= 11 is 0. The maximum Gasteiger partial charge on any atom is 0.356 e. The predicted molar refractivity (Wildman–Crippen MR) is 120 cm³/mol. The fourth-order valence-corrected chi connectivity index (χ4v) is 3.24. The van der Waals surface area contributed by atoms with Crippen LogP contribution in [0, 0.1) is 17.0 Å². The van der Waals surface area contributed by atoms with Crippen LogP contribution in [0.1, 0.15) is 21.6 Å². The number of hydrogen-bond acceptors (Lipinski definition) is 6. The van der Waals surface area contributed by atoms with E-state index >= 15 is 0 Å². The first-order chi connectivity index (χ1) is 15.9. The molecule has 0 aliphatic carbocycles. The van der Waals surface area contributed by atoms with Gasteiger partial charge in [-0.15, -0.1) is 0 Å². The number of carbonyl (C=O) groups is 1. The number of nitro groups is 1. The first-order valence-electron chi connectivity index (χ1n) is 9.93. The number of benzene rings is 3. The Labute approximate surface area is 188 Å². The molecule has 0 unspecified atom stereocenters. The van der Waals surface area contributed by atoms with Crippen LogP contribution >= 0.6 is 0 Å². The highest BCUT2D eigenvalue weighted by molar-refractivity contribution is 5.88. The highest BCUT2D eigenvalue weighted by Gasteiger charge is 2.20. The Bertz CT molecular complexity index is 1300. The van der Waals surface area contributed by atoms with Crippen molar-refractivity contribution in [2.45, 2.75) is 13.5 Å². The van der Waals surface area contributed by atoms with E-state index in [0.29, 0.717) is 28.5 Å². The Morgan fingerprint density at radius 2 is 1.76 bits per heavy atom. The zero-order valence-electron chi connectivity index (χ0n) is 17.5. The average molecular weight is 445 g/mol. The lowest BCUT2D eigenvalue weighted by atomic mass is 10.1. The molecule has 0 aliphatic heterocycles. The number of aromatic carboxylic acids is 1. The number of ether oxygens (including phenoxy) is 2. The summed E-state index contributed by atoms with van der Waals surface area (Å²) in [6, 6.07) is 20.3. The van der Waals surface area contributed by atoms with Gasteiger partial charge in [-0.25, -0.2) is 4.79 Å². The summed E-state index contributed by atoms with van der Waals surface area (Å²) in [7, 11) is 0. The number of nitrogens with zero attached hydrogens (tertiary/aromatic N) is 2. The van der Waals surface area contributed by atoms with E-state index in [2.05, 4.69) is 10.2 Å². The molecular weight excluding hydrogens is 426 g/mol. The summed E-state index contributed by atoms with van der Waals surface area (Å²) in [5.74, 6) is 0.0532. The number of non-ortho nitro benzene ring substituents is 1. The molecule has 2 N–H and O–H groups in total. The van der Waals surface area contributed by atoms with E-state index in [1.54, 1.807) is 6.07 Å². The minimum Gasteiger partial charge on any atom is -0.488 e. The quantitative estimate of drug-likeness (QED) is 0.276. The fraction of sp³-hybridized carbons (Fsp3) is 0.0833. The highest BCUT2D eigenvalue weighted by Crippen LogP contribution is 2.41. The van der Waals surface area contributed by atoms with Crippen LogP contribution in [0.2, 0.25) is 0 Å². The van der Waals surface area contributed by atoms with Crippen LogP contribution in [0.3, 0.4) is 0 Å². The topological polar surface area (TPSA) is 128 Å². The van der Waals surface area contributed by atoms with Crippen molar-refractivity contribution in [1.29, 1.82) is 0 Å². The third kappa shape index (κ3) is 4.99. The van der Waals surface area contributed by atoms with Gasteiger partial charge in [-0.2, -0.15) is 5.10 Å². The number of H-pyrrole nitrogens is 1. The number of carboxylic acid groups (broad SMARTS) is 1. The van der Waals surface area contributed by atoms with Crippen molar-refractivity contribution in [2.24, 2.45) is 0 Å². The zero-order valence-corrected chi connectivity index (χ0v) is 17.5. The van der Waals surface area contributed by atoms with Gasteiger partial charge < -0.3 is 14.6 Å². The molecule has 0 saturated heterocycles. The summed E-state index contributed by atoms with van der Waals surface area (Å²) in [4.78, 5) is 21.8. The van der Waals surface area contributed by atoms with E-state index in [1.165, 1.54) is 30.3 Å². The van der Waals surface area contributed by atoms with Gasteiger partial charge in [-0.3, -0.25) is 15.2 Å². The highest BCUT2D eigenvalue weighted by atomic mass is 16.6. The number of aromatic amines is 1. The van der Waals surface area contributed by atoms with Crippen molar-refractivity contribution in [2.75, 3.05) is 0 Å². The van der Waals surface area contributed by atoms with E-state index in [9.17, 15) is 20.0 Å². The van der Waals surface area contributed by atoms with Crippen molar-refractivity contribution in [3.63, 3.8) is 0 Å². The summed E-state index contributed by atoms with van der Waals surface area (Å²) in [6.07, 6.45) is 0. The normalized spacial score (nSPS) is 10.6. The standard InChI is InChI=1S/C24H19N3O6/c1-15-11-21(32-14-16-5-3-2-4-6-16)23(19-13-20(24(28)29)26-25-19)22(12-15)33-18-9-7-17(8-10-18)27(30)31/h2-13H,14H2,1H3,(H,25,26)(H,28,29). The lowest BCUT2D eigenvalue weighted by Crippen LogP contribution is -2.00. The largest absolute Gasteiger partial charge is 0.488 e. The van der Waals surface area contributed by atoms with Gasteiger partial charge >= 0.3 is 5.97 Å². The van der Waals surface area contributed by atoms with Crippen LogP contribution in [0.5, 0.6) is 17.2 Å². The van der Waals surface area contributed by atoms with Gasteiger partial charge in [0.15, 0.2) is 5.69 Å². The lowest BCUT2D eigenvalue weighted by Gasteiger charge is -2.17. The number of nitro benzene ring substituents is 1. The van der Waals surface area contributed by atoms with Gasteiger partial charge in [0.05, 0.1) is 16.2 Å². The zero-order chi connectivity index (χ0) is 23.4. The van der Waals surface area contributed by atoms with Crippen LogP contribution in [-0.2, 0) is 6.61 Å². The molecule has 4 rings (SSSR count). The molecule has 3 aromatic carbocycles. The monoisotopic (exact) mass is 445 g/mol. The van der Waals surface area contributed by atoms with Crippen LogP contribution in [0.25, 0.3) is 11.3 Å². The number of hydrogen-bond donors (Lipinski definition) is 2. The molecule has 9 heteroatoms. The van der Waals surface area contributed by atoms with Crippen molar-refractivity contribution in [3.8, 4) is 28.5 Å². The van der Waals surface area contributed by atoms with E-state index < -0.39 is 10.9 Å². The van der Waals surface area contributed by atoms with Crippen LogP contribution in [-0.4, -0.2) is 26.2 Å². The van der Waals surface area contributed by atoms with Gasteiger partial charge in [0.1, 0.15) is 23.9 Å². The molecule has 0 radical (unpaired) electrons. The molecule has 0 atom stereocenters. The maximum absolute atomic E-state index is 11.4. The first-order valence-corrected chi connectivity index (χ1v) is 9.93.